The quantitative estimate of drug-likeness (QED) is 0.818. The molecule has 20 heavy (non-hydrogen) atoms. The van der Waals surface area contributed by atoms with Crippen LogP contribution in [-0.4, -0.2) is 40.9 Å². The van der Waals surface area contributed by atoms with Crippen LogP contribution in [0.15, 0.2) is 28.8 Å². The normalized spacial score (nSPS) is 14.7. The molecule has 0 aliphatic rings. The first-order valence-corrected chi connectivity index (χ1v) is 7.77. The Morgan fingerprint density at radius 1 is 1.40 bits per heavy atom. The lowest BCUT2D eigenvalue weighted by molar-refractivity contribution is -0.123. The SMILES string of the molecule is CCSC(C)C(=O)C(c1noc2ccccc12)N(C)C. The molecule has 2 rings (SSSR count). The zero-order valence-corrected chi connectivity index (χ0v) is 13.1. The van der Waals surface area contributed by atoms with Gasteiger partial charge in [0, 0.05) is 5.39 Å². The van der Waals surface area contributed by atoms with Gasteiger partial charge < -0.3 is 4.52 Å². The Bertz CT molecular complexity index is 594. The predicted molar refractivity (Wildman–Crippen MR) is 83.0 cm³/mol. The summed E-state index contributed by atoms with van der Waals surface area (Å²) in [4.78, 5) is 14.6. The third kappa shape index (κ3) is 2.88. The summed E-state index contributed by atoms with van der Waals surface area (Å²) < 4.78 is 5.33. The van der Waals surface area contributed by atoms with E-state index in [-0.39, 0.29) is 17.1 Å². The van der Waals surface area contributed by atoms with Gasteiger partial charge in [0.2, 0.25) is 0 Å². The van der Waals surface area contributed by atoms with Crippen molar-refractivity contribution in [2.45, 2.75) is 25.1 Å². The van der Waals surface area contributed by atoms with Gasteiger partial charge in [-0.25, -0.2) is 0 Å². The van der Waals surface area contributed by atoms with Crippen molar-refractivity contribution in [3.8, 4) is 0 Å². The van der Waals surface area contributed by atoms with Gasteiger partial charge in [-0.2, -0.15) is 11.8 Å². The number of nitrogens with zero attached hydrogens (tertiary/aromatic N) is 2. The van der Waals surface area contributed by atoms with E-state index in [0.717, 1.165) is 16.7 Å². The van der Waals surface area contributed by atoms with Crippen LogP contribution in [-0.2, 0) is 4.79 Å². The van der Waals surface area contributed by atoms with Gasteiger partial charge >= 0.3 is 0 Å². The summed E-state index contributed by atoms with van der Waals surface area (Å²) in [5.74, 6) is 1.09. The first kappa shape index (κ1) is 15.1. The number of thioether (sulfide) groups is 1. The molecule has 0 aliphatic carbocycles. The molecule has 0 aliphatic heterocycles. The molecule has 2 unspecified atom stereocenters. The second-order valence-electron chi connectivity index (χ2n) is 4.93. The average Bonchev–Trinajstić information content (AvgIpc) is 2.83. The highest BCUT2D eigenvalue weighted by Gasteiger charge is 2.31. The molecule has 5 heteroatoms. The summed E-state index contributed by atoms with van der Waals surface area (Å²) in [6.07, 6.45) is 0. The number of aromatic nitrogens is 1. The minimum atomic E-state index is -0.368. The van der Waals surface area contributed by atoms with Crippen LogP contribution in [0.2, 0.25) is 0 Å². The third-order valence-corrected chi connectivity index (χ3v) is 4.33. The number of fused-ring (bicyclic) bond motifs is 1. The number of ketones is 1. The van der Waals surface area contributed by atoms with Crippen molar-refractivity contribution in [3.05, 3.63) is 30.0 Å². The second kappa shape index (κ2) is 6.41. The fourth-order valence-electron chi connectivity index (χ4n) is 2.29. The van der Waals surface area contributed by atoms with E-state index in [1.54, 1.807) is 11.8 Å². The van der Waals surface area contributed by atoms with Gasteiger partial charge in [0.05, 0.1) is 5.25 Å². The van der Waals surface area contributed by atoms with Crippen LogP contribution in [0.4, 0.5) is 0 Å². The van der Waals surface area contributed by atoms with Gasteiger partial charge in [-0.15, -0.1) is 0 Å². The van der Waals surface area contributed by atoms with Crippen molar-refractivity contribution < 1.29 is 9.32 Å². The average molecular weight is 292 g/mol. The number of hydrogen-bond acceptors (Lipinski definition) is 5. The van der Waals surface area contributed by atoms with Crippen molar-refractivity contribution in [3.63, 3.8) is 0 Å². The summed E-state index contributed by atoms with van der Waals surface area (Å²) in [5.41, 5.74) is 1.43. The Balaban J connectivity index is 2.41. The zero-order valence-electron chi connectivity index (χ0n) is 12.3. The topological polar surface area (TPSA) is 46.3 Å². The molecular formula is C15H20N2O2S. The number of benzene rings is 1. The van der Waals surface area contributed by atoms with Crippen molar-refractivity contribution in [1.29, 1.82) is 0 Å². The zero-order chi connectivity index (χ0) is 14.7. The van der Waals surface area contributed by atoms with E-state index in [1.165, 1.54) is 0 Å². The van der Waals surface area contributed by atoms with Gasteiger partial charge in [0.1, 0.15) is 11.7 Å². The standard InChI is InChI=1S/C15H20N2O2S/c1-5-20-10(2)15(18)14(17(3)4)13-11-8-6-7-9-12(11)19-16-13/h6-10,14H,5H2,1-4H3. The van der Waals surface area contributed by atoms with Crippen LogP contribution in [0, 0.1) is 0 Å². The molecule has 0 amide bonds. The Labute approximate surface area is 123 Å². The molecule has 0 bridgehead atoms. The summed E-state index contributed by atoms with van der Waals surface area (Å²) >= 11 is 1.65. The van der Waals surface area contributed by atoms with Crippen molar-refractivity contribution in [1.82, 2.24) is 10.1 Å². The molecule has 2 aromatic rings. The van der Waals surface area contributed by atoms with Crippen LogP contribution in [0.1, 0.15) is 25.6 Å². The van der Waals surface area contributed by atoms with Crippen molar-refractivity contribution in [2.24, 2.45) is 0 Å². The maximum Gasteiger partial charge on any atom is 0.168 e. The minimum absolute atomic E-state index is 0.0529. The summed E-state index contributed by atoms with van der Waals surface area (Å²) in [6, 6.07) is 7.28. The van der Waals surface area contributed by atoms with Gasteiger partial charge in [0.15, 0.2) is 11.4 Å². The highest BCUT2D eigenvalue weighted by molar-refractivity contribution is 8.00. The summed E-state index contributed by atoms with van der Waals surface area (Å²) in [6.45, 7) is 4.01. The molecule has 108 valence electrons. The highest BCUT2D eigenvalue weighted by Crippen LogP contribution is 2.29. The van der Waals surface area contributed by atoms with Gasteiger partial charge in [0.25, 0.3) is 0 Å². The van der Waals surface area contributed by atoms with Crippen molar-refractivity contribution >= 4 is 28.5 Å². The van der Waals surface area contributed by atoms with Crippen LogP contribution in [0.3, 0.4) is 0 Å². The molecule has 1 aromatic carbocycles. The minimum Gasteiger partial charge on any atom is -0.356 e. The van der Waals surface area contributed by atoms with E-state index < -0.39 is 0 Å². The van der Waals surface area contributed by atoms with E-state index in [1.807, 2.05) is 50.2 Å². The maximum absolute atomic E-state index is 12.7. The van der Waals surface area contributed by atoms with E-state index in [2.05, 4.69) is 12.1 Å². The first-order valence-electron chi connectivity index (χ1n) is 6.72. The first-order chi connectivity index (χ1) is 9.56. The van der Waals surface area contributed by atoms with Crippen LogP contribution in [0.5, 0.6) is 0 Å². The van der Waals surface area contributed by atoms with E-state index in [4.69, 9.17) is 4.52 Å². The molecule has 0 saturated carbocycles. The molecule has 2 atom stereocenters. The molecule has 0 N–H and O–H groups in total. The molecule has 0 radical (unpaired) electrons. The van der Waals surface area contributed by atoms with Crippen LogP contribution >= 0.6 is 11.8 Å². The Hall–Kier alpha value is -1.33. The lowest BCUT2D eigenvalue weighted by atomic mass is 10.0. The highest BCUT2D eigenvalue weighted by atomic mass is 32.2. The molecule has 1 heterocycles. The van der Waals surface area contributed by atoms with Crippen LogP contribution < -0.4 is 0 Å². The molecule has 0 spiro atoms. The third-order valence-electron chi connectivity index (χ3n) is 3.27. The van der Waals surface area contributed by atoms with E-state index >= 15 is 0 Å². The fourth-order valence-corrected chi connectivity index (χ4v) is 3.08. The molecule has 0 saturated heterocycles. The predicted octanol–water partition coefficient (Wildman–Crippen LogP) is 3.14. The molecule has 0 fully saturated rings. The van der Waals surface area contributed by atoms with Gasteiger partial charge in [-0.3, -0.25) is 9.69 Å². The largest absolute Gasteiger partial charge is 0.356 e. The van der Waals surface area contributed by atoms with Gasteiger partial charge in [-0.05, 0) is 38.9 Å². The second-order valence-corrected chi connectivity index (χ2v) is 6.55. The Morgan fingerprint density at radius 3 is 2.75 bits per heavy atom. The lowest BCUT2D eigenvalue weighted by Gasteiger charge is -2.23. The maximum atomic E-state index is 12.7. The summed E-state index contributed by atoms with van der Waals surface area (Å²) in [7, 11) is 3.80. The van der Waals surface area contributed by atoms with Crippen molar-refractivity contribution in [2.75, 3.05) is 19.8 Å². The molecular weight excluding hydrogens is 272 g/mol. The summed E-state index contributed by atoms with van der Waals surface area (Å²) in [5, 5.41) is 4.99. The number of hydrogen-bond donors (Lipinski definition) is 0. The monoisotopic (exact) mass is 292 g/mol. The lowest BCUT2D eigenvalue weighted by Crippen LogP contribution is -2.33. The molecule has 4 nitrogen and oxygen atoms in total. The number of carbonyl (C=O) groups is 1. The number of carbonyl (C=O) groups excluding carboxylic acids is 1. The number of Topliss-reactive ketones (excluding diaryl/α,β-unsaturated/α-hetero) is 1. The number of likely N-dealkylation sites (N-methyl/N-ethyl adjacent to an activating group) is 1. The number of para-hydroxylation sites is 1. The Morgan fingerprint density at radius 2 is 2.10 bits per heavy atom. The smallest absolute Gasteiger partial charge is 0.168 e. The fraction of sp³-hybridized carbons (Fsp3) is 0.467. The molecule has 1 aromatic heterocycles. The van der Waals surface area contributed by atoms with E-state index in [0.29, 0.717) is 5.69 Å². The Kier molecular flexibility index (Phi) is 4.83. The number of rotatable bonds is 6. The van der Waals surface area contributed by atoms with E-state index in [9.17, 15) is 4.79 Å². The van der Waals surface area contributed by atoms with Crippen LogP contribution in [0.25, 0.3) is 11.0 Å². The van der Waals surface area contributed by atoms with Gasteiger partial charge in [-0.1, -0.05) is 24.2 Å².